The van der Waals surface area contributed by atoms with E-state index in [0.29, 0.717) is 0 Å². The zero-order chi connectivity index (χ0) is 12.3. The summed E-state index contributed by atoms with van der Waals surface area (Å²) in [6.07, 6.45) is 3.08. The number of hydrogen-bond acceptors (Lipinski definition) is 3. The molecule has 0 saturated heterocycles. The van der Waals surface area contributed by atoms with Crippen molar-refractivity contribution in [1.82, 2.24) is 15.1 Å². The number of nitrogens with zero attached hydrogens (tertiary/aromatic N) is 2. The summed E-state index contributed by atoms with van der Waals surface area (Å²) < 4.78 is 3.08. The largest absolute Gasteiger partial charge is 0.308 e. The monoisotopic (exact) mass is 313 g/mol. The lowest BCUT2D eigenvalue weighted by molar-refractivity contribution is 0.694. The summed E-state index contributed by atoms with van der Waals surface area (Å²) in [5, 5.41) is 9.99. The Hall–Kier alpha value is -0.650. The lowest BCUT2D eigenvalue weighted by atomic mass is 10.2. The van der Waals surface area contributed by atoms with Gasteiger partial charge in [-0.05, 0) is 33.8 Å². The first-order chi connectivity index (χ1) is 8.20. The van der Waals surface area contributed by atoms with Crippen molar-refractivity contribution in [3.05, 3.63) is 38.3 Å². The normalized spacial score (nSPS) is 11.0. The van der Waals surface area contributed by atoms with E-state index in [1.165, 1.54) is 20.6 Å². The third-order valence-corrected chi connectivity index (χ3v) is 4.55. The maximum Gasteiger partial charge on any atom is 0.0666 e. The number of aryl methyl sites for hydroxylation is 2. The van der Waals surface area contributed by atoms with Gasteiger partial charge in [-0.3, -0.25) is 4.68 Å². The molecule has 0 saturated carbocycles. The van der Waals surface area contributed by atoms with Crippen molar-refractivity contribution in [2.75, 3.05) is 0 Å². The van der Waals surface area contributed by atoms with Crippen molar-refractivity contribution in [2.24, 2.45) is 7.05 Å². The van der Waals surface area contributed by atoms with Gasteiger partial charge < -0.3 is 5.32 Å². The van der Waals surface area contributed by atoms with Crippen LogP contribution in [0.2, 0.25) is 0 Å². The molecule has 0 amide bonds. The number of hydrogen-bond donors (Lipinski definition) is 1. The zero-order valence-corrected chi connectivity index (χ0v) is 12.4. The maximum absolute atomic E-state index is 4.43. The highest BCUT2D eigenvalue weighted by Gasteiger charge is 2.06. The van der Waals surface area contributed by atoms with Gasteiger partial charge in [0.05, 0.1) is 5.69 Å². The van der Waals surface area contributed by atoms with Gasteiger partial charge in [0.1, 0.15) is 0 Å². The fraction of sp³-hybridized carbons (Fsp3) is 0.417. The van der Waals surface area contributed by atoms with Crippen LogP contribution in [0.25, 0.3) is 0 Å². The van der Waals surface area contributed by atoms with Gasteiger partial charge in [-0.2, -0.15) is 5.10 Å². The van der Waals surface area contributed by atoms with Gasteiger partial charge in [0.2, 0.25) is 0 Å². The minimum absolute atomic E-state index is 0.876. The van der Waals surface area contributed by atoms with E-state index < -0.39 is 0 Å². The summed E-state index contributed by atoms with van der Waals surface area (Å²) >= 11 is 5.31. The zero-order valence-electron chi connectivity index (χ0n) is 10.0. The van der Waals surface area contributed by atoms with E-state index in [0.717, 1.165) is 19.5 Å². The molecule has 0 aliphatic carbocycles. The van der Waals surface area contributed by atoms with Crippen LogP contribution in [-0.2, 0) is 26.6 Å². The number of rotatable bonds is 5. The van der Waals surface area contributed by atoms with Gasteiger partial charge in [0, 0.05) is 41.2 Å². The lowest BCUT2D eigenvalue weighted by Gasteiger charge is -2.03. The molecule has 0 radical (unpaired) electrons. The van der Waals surface area contributed by atoms with Crippen molar-refractivity contribution in [3.63, 3.8) is 0 Å². The number of aromatic nitrogens is 2. The quantitative estimate of drug-likeness (QED) is 0.919. The van der Waals surface area contributed by atoms with E-state index >= 15 is 0 Å². The van der Waals surface area contributed by atoms with Gasteiger partial charge in [-0.15, -0.1) is 11.3 Å². The second-order valence-electron chi connectivity index (χ2n) is 3.92. The number of nitrogens with one attached hydrogen (secondary N) is 1. The van der Waals surface area contributed by atoms with Gasteiger partial charge in [-0.1, -0.05) is 6.92 Å². The summed E-state index contributed by atoms with van der Waals surface area (Å²) in [4.78, 5) is 1.34. The Labute approximate surface area is 114 Å². The molecule has 2 aromatic heterocycles. The average Bonchev–Trinajstić information content (AvgIpc) is 2.86. The first kappa shape index (κ1) is 12.8. The predicted octanol–water partition coefficient (Wildman–Crippen LogP) is 3.10. The molecule has 1 N–H and O–H groups in total. The number of thiophene rings is 1. The van der Waals surface area contributed by atoms with E-state index in [1.807, 2.05) is 11.7 Å². The van der Waals surface area contributed by atoms with Crippen LogP contribution in [0.15, 0.2) is 22.1 Å². The maximum atomic E-state index is 4.43. The Morgan fingerprint density at radius 1 is 1.47 bits per heavy atom. The average molecular weight is 314 g/mol. The molecule has 0 aliphatic rings. The van der Waals surface area contributed by atoms with Gasteiger partial charge in [-0.25, -0.2) is 0 Å². The third kappa shape index (κ3) is 3.18. The Balaban J connectivity index is 1.92. The highest BCUT2D eigenvalue weighted by molar-refractivity contribution is 9.10. The fourth-order valence-electron chi connectivity index (χ4n) is 1.79. The smallest absolute Gasteiger partial charge is 0.0666 e. The molecule has 2 rings (SSSR count). The molecule has 0 aromatic carbocycles. The molecule has 92 valence electrons. The summed E-state index contributed by atoms with van der Waals surface area (Å²) in [5.74, 6) is 0. The van der Waals surface area contributed by atoms with Crippen LogP contribution in [0.5, 0.6) is 0 Å². The van der Waals surface area contributed by atoms with E-state index in [4.69, 9.17) is 0 Å². The summed E-state index contributed by atoms with van der Waals surface area (Å²) in [5.41, 5.74) is 2.48. The van der Waals surface area contributed by atoms with Crippen LogP contribution in [-0.4, -0.2) is 9.78 Å². The second kappa shape index (κ2) is 5.80. The molecule has 0 fully saturated rings. The lowest BCUT2D eigenvalue weighted by Crippen LogP contribution is -2.12. The topological polar surface area (TPSA) is 29.9 Å². The van der Waals surface area contributed by atoms with Crippen LogP contribution >= 0.6 is 27.3 Å². The molecule has 2 aromatic rings. The third-order valence-electron chi connectivity index (χ3n) is 2.62. The Morgan fingerprint density at radius 2 is 2.29 bits per heavy atom. The Kier molecular flexibility index (Phi) is 4.36. The molecule has 2 heterocycles. The molecule has 0 unspecified atom stereocenters. The van der Waals surface area contributed by atoms with Crippen LogP contribution in [0, 0.1) is 0 Å². The Bertz CT molecular complexity index is 490. The second-order valence-corrected chi connectivity index (χ2v) is 5.78. The Morgan fingerprint density at radius 3 is 2.94 bits per heavy atom. The number of halogens is 1. The summed E-state index contributed by atoms with van der Waals surface area (Å²) in [7, 11) is 1.97. The minimum atomic E-state index is 0.876. The highest BCUT2D eigenvalue weighted by Crippen LogP contribution is 2.22. The van der Waals surface area contributed by atoms with Crippen LogP contribution in [0.3, 0.4) is 0 Å². The van der Waals surface area contributed by atoms with Crippen molar-refractivity contribution >= 4 is 27.3 Å². The molecular weight excluding hydrogens is 298 g/mol. The first-order valence-electron chi connectivity index (χ1n) is 5.64. The molecular formula is C12H16BrN3S. The van der Waals surface area contributed by atoms with Crippen LogP contribution in [0.4, 0.5) is 0 Å². The molecule has 5 heteroatoms. The van der Waals surface area contributed by atoms with Gasteiger partial charge in [0.25, 0.3) is 0 Å². The molecule has 0 bridgehead atoms. The van der Waals surface area contributed by atoms with E-state index in [-0.39, 0.29) is 0 Å². The van der Waals surface area contributed by atoms with E-state index in [2.05, 4.69) is 50.9 Å². The molecule has 17 heavy (non-hydrogen) atoms. The summed E-state index contributed by atoms with van der Waals surface area (Å²) in [6, 6.07) is 2.09. The van der Waals surface area contributed by atoms with Gasteiger partial charge >= 0.3 is 0 Å². The van der Waals surface area contributed by atoms with Crippen molar-refractivity contribution in [1.29, 1.82) is 0 Å². The molecule has 0 spiro atoms. The summed E-state index contributed by atoms with van der Waals surface area (Å²) in [6.45, 7) is 3.92. The molecule has 3 nitrogen and oxygen atoms in total. The van der Waals surface area contributed by atoms with Crippen LogP contribution < -0.4 is 5.32 Å². The van der Waals surface area contributed by atoms with Gasteiger partial charge in [0.15, 0.2) is 0 Å². The van der Waals surface area contributed by atoms with Crippen molar-refractivity contribution in [3.8, 4) is 0 Å². The SMILES string of the molecule is CCc1nn(C)cc1CNCc1sccc1Br. The van der Waals surface area contributed by atoms with Crippen molar-refractivity contribution < 1.29 is 0 Å². The minimum Gasteiger partial charge on any atom is -0.308 e. The fourth-order valence-corrected chi connectivity index (χ4v) is 3.25. The first-order valence-corrected chi connectivity index (χ1v) is 7.32. The van der Waals surface area contributed by atoms with Crippen molar-refractivity contribution in [2.45, 2.75) is 26.4 Å². The van der Waals surface area contributed by atoms with E-state index in [9.17, 15) is 0 Å². The predicted molar refractivity (Wildman–Crippen MR) is 75.1 cm³/mol. The molecule has 0 aliphatic heterocycles. The highest BCUT2D eigenvalue weighted by atomic mass is 79.9. The molecule has 0 atom stereocenters. The standard InChI is InChI=1S/C12H16BrN3S/c1-3-11-9(8-16(2)15-11)6-14-7-12-10(13)4-5-17-12/h4-5,8,14H,3,6-7H2,1-2H3. The van der Waals surface area contributed by atoms with E-state index in [1.54, 1.807) is 11.3 Å². The van der Waals surface area contributed by atoms with Crippen LogP contribution in [0.1, 0.15) is 23.1 Å².